The largest absolute Gasteiger partial charge is 0.496 e. The molecular formula is C21H21FN4O2. The summed E-state index contributed by atoms with van der Waals surface area (Å²) < 4.78 is 19.4. The van der Waals surface area contributed by atoms with Gasteiger partial charge in [0, 0.05) is 37.8 Å². The van der Waals surface area contributed by atoms with Gasteiger partial charge in [0.1, 0.15) is 11.6 Å². The third-order valence-corrected chi connectivity index (χ3v) is 4.88. The molecule has 4 rings (SSSR count). The van der Waals surface area contributed by atoms with Crippen molar-refractivity contribution in [2.75, 3.05) is 43.1 Å². The molecule has 0 saturated carbocycles. The van der Waals surface area contributed by atoms with E-state index in [9.17, 15) is 9.18 Å². The molecule has 28 heavy (non-hydrogen) atoms. The number of methoxy groups -OCH3 is 1. The normalized spacial score (nSPS) is 14.2. The first kappa shape index (κ1) is 18.0. The van der Waals surface area contributed by atoms with Gasteiger partial charge in [-0.1, -0.05) is 24.3 Å². The van der Waals surface area contributed by atoms with Gasteiger partial charge in [0.25, 0.3) is 5.56 Å². The molecule has 7 heteroatoms. The van der Waals surface area contributed by atoms with E-state index in [4.69, 9.17) is 4.74 Å². The Bertz CT molecular complexity index is 1030. The Morgan fingerprint density at radius 3 is 2.43 bits per heavy atom. The molecule has 1 aliphatic rings. The van der Waals surface area contributed by atoms with Gasteiger partial charge in [-0.15, -0.1) is 0 Å². The Morgan fingerprint density at radius 1 is 1.00 bits per heavy atom. The molecule has 144 valence electrons. The van der Waals surface area contributed by atoms with Crippen LogP contribution in [0.1, 0.15) is 0 Å². The standard InChI is InChI=1S/C21H21FN4O2/c1-28-19-9-5-2-6-15(19)17-14-20(27)24-21(23-17)26-12-10-25(11-13-26)18-8-4-3-7-16(18)22/h2-9,14H,10-13H2,1H3,(H,23,24,27). The van der Waals surface area contributed by atoms with Crippen LogP contribution < -0.4 is 20.1 Å². The molecule has 0 atom stereocenters. The number of halogens is 1. The summed E-state index contributed by atoms with van der Waals surface area (Å²) in [5.41, 5.74) is 1.71. The maximum atomic E-state index is 14.0. The van der Waals surface area contributed by atoms with Gasteiger partial charge in [-0.3, -0.25) is 9.78 Å². The molecule has 3 aromatic rings. The minimum atomic E-state index is -0.222. The number of nitrogens with zero attached hydrogens (tertiary/aromatic N) is 3. The second kappa shape index (κ2) is 7.72. The fourth-order valence-corrected chi connectivity index (χ4v) is 3.46. The van der Waals surface area contributed by atoms with E-state index >= 15 is 0 Å². The summed E-state index contributed by atoms with van der Waals surface area (Å²) >= 11 is 0. The lowest BCUT2D eigenvalue weighted by atomic mass is 10.1. The van der Waals surface area contributed by atoms with Crippen LogP contribution in [0.4, 0.5) is 16.0 Å². The molecule has 2 aromatic carbocycles. The number of hydrogen-bond acceptors (Lipinski definition) is 5. The summed E-state index contributed by atoms with van der Waals surface area (Å²) in [5, 5.41) is 0. The summed E-state index contributed by atoms with van der Waals surface area (Å²) in [4.78, 5) is 23.7. The van der Waals surface area contributed by atoms with E-state index in [1.54, 1.807) is 19.2 Å². The molecule has 1 saturated heterocycles. The molecule has 1 aliphatic heterocycles. The summed E-state index contributed by atoms with van der Waals surface area (Å²) in [7, 11) is 1.59. The van der Waals surface area contributed by atoms with E-state index in [0.29, 0.717) is 49.3 Å². The zero-order valence-corrected chi connectivity index (χ0v) is 15.6. The highest BCUT2D eigenvalue weighted by Gasteiger charge is 2.21. The topological polar surface area (TPSA) is 61.5 Å². The van der Waals surface area contributed by atoms with Crippen LogP contribution in [0.15, 0.2) is 59.4 Å². The lowest BCUT2D eigenvalue weighted by Crippen LogP contribution is -2.47. The number of aromatic nitrogens is 2. The van der Waals surface area contributed by atoms with E-state index < -0.39 is 0 Å². The quantitative estimate of drug-likeness (QED) is 0.754. The van der Waals surface area contributed by atoms with Crippen molar-refractivity contribution in [3.8, 4) is 17.0 Å². The van der Waals surface area contributed by atoms with Crippen molar-refractivity contribution in [1.82, 2.24) is 9.97 Å². The van der Waals surface area contributed by atoms with Gasteiger partial charge in [0.2, 0.25) is 5.95 Å². The zero-order valence-electron chi connectivity index (χ0n) is 15.6. The number of rotatable bonds is 4. The molecule has 1 N–H and O–H groups in total. The first-order valence-corrected chi connectivity index (χ1v) is 9.15. The molecule has 2 heterocycles. The third-order valence-electron chi connectivity index (χ3n) is 4.88. The number of H-pyrrole nitrogens is 1. The van der Waals surface area contributed by atoms with Crippen LogP contribution in [0.2, 0.25) is 0 Å². The van der Waals surface area contributed by atoms with Gasteiger partial charge in [0.15, 0.2) is 0 Å². The summed E-state index contributed by atoms with van der Waals surface area (Å²) in [6.45, 7) is 2.55. The molecule has 6 nitrogen and oxygen atoms in total. The van der Waals surface area contributed by atoms with Crippen LogP contribution in [0, 0.1) is 5.82 Å². The fourth-order valence-electron chi connectivity index (χ4n) is 3.46. The van der Waals surface area contributed by atoms with Gasteiger partial charge in [-0.05, 0) is 24.3 Å². The summed E-state index contributed by atoms with van der Waals surface area (Å²) in [6.07, 6.45) is 0. The minimum Gasteiger partial charge on any atom is -0.496 e. The molecule has 0 amide bonds. The number of benzene rings is 2. The third kappa shape index (κ3) is 3.55. The van der Waals surface area contributed by atoms with E-state index in [1.165, 1.54) is 12.1 Å². The SMILES string of the molecule is COc1ccccc1-c1cc(=O)[nH]c(N2CCN(c3ccccc3F)CC2)n1. The molecule has 1 aromatic heterocycles. The fraction of sp³-hybridized carbons (Fsp3) is 0.238. The molecule has 0 spiro atoms. The van der Waals surface area contributed by atoms with Crippen molar-refractivity contribution >= 4 is 11.6 Å². The van der Waals surface area contributed by atoms with Crippen molar-refractivity contribution in [2.45, 2.75) is 0 Å². The zero-order chi connectivity index (χ0) is 19.5. The number of nitrogens with one attached hydrogen (secondary N) is 1. The summed E-state index contributed by atoms with van der Waals surface area (Å²) in [6, 6.07) is 15.7. The molecule has 0 bridgehead atoms. The van der Waals surface area contributed by atoms with Gasteiger partial charge in [0.05, 0.1) is 18.5 Å². The lowest BCUT2D eigenvalue weighted by Gasteiger charge is -2.36. The first-order chi connectivity index (χ1) is 13.7. The van der Waals surface area contributed by atoms with E-state index in [1.807, 2.05) is 40.1 Å². The highest BCUT2D eigenvalue weighted by Crippen LogP contribution is 2.28. The van der Waals surface area contributed by atoms with E-state index in [0.717, 1.165) is 5.56 Å². The number of aromatic amines is 1. The maximum Gasteiger partial charge on any atom is 0.252 e. The number of ether oxygens (including phenoxy) is 1. The number of piperazine rings is 1. The minimum absolute atomic E-state index is 0.220. The summed E-state index contributed by atoms with van der Waals surface area (Å²) in [5.74, 6) is 0.957. The predicted molar refractivity (Wildman–Crippen MR) is 108 cm³/mol. The van der Waals surface area contributed by atoms with Crippen molar-refractivity contribution in [3.63, 3.8) is 0 Å². The molecule has 0 aliphatic carbocycles. The molecular weight excluding hydrogens is 359 g/mol. The van der Waals surface area contributed by atoms with Crippen molar-refractivity contribution < 1.29 is 9.13 Å². The monoisotopic (exact) mass is 380 g/mol. The second-order valence-electron chi connectivity index (χ2n) is 6.58. The van der Waals surface area contributed by atoms with Gasteiger partial charge in [-0.25, -0.2) is 9.37 Å². The molecule has 0 radical (unpaired) electrons. The van der Waals surface area contributed by atoms with Crippen LogP contribution in [0.5, 0.6) is 5.75 Å². The maximum absolute atomic E-state index is 14.0. The lowest BCUT2D eigenvalue weighted by molar-refractivity contribution is 0.416. The Labute approximate surface area is 162 Å². The number of hydrogen-bond donors (Lipinski definition) is 1. The van der Waals surface area contributed by atoms with Gasteiger partial charge < -0.3 is 14.5 Å². The average molecular weight is 380 g/mol. The van der Waals surface area contributed by atoms with Crippen molar-refractivity contribution in [1.29, 1.82) is 0 Å². The van der Waals surface area contributed by atoms with Gasteiger partial charge in [-0.2, -0.15) is 0 Å². The van der Waals surface area contributed by atoms with Crippen molar-refractivity contribution in [2.24, 2.45) is 0 Å². The van der Waals surface area contributed by atoms with Crippen molar-refractivity contribution in [3.05, 3.63) is 70.8 Å². The van der Waals surface area contributed by atoms with E-state index in [2.05, 4.69) is 9.97 Å². The number of para-hydroxylation sites is 2. The highest BCUT2D eigenvalue weighted by molar-refractivity contribution is 5.67. The smallest absolute Gasteiger partial charge is 0.252 e. The number of anilines is 2. The van der Waals surface area contributed by atoms with Crippen LogP contribution >= 0.6 is 0 Å². The molecule has 1 fully saturated rings. The van der Waals surface area contributed by atoms with Crippen LogP contribution in [0.25, 0.3) is 11.3 Å². The Balaban J connectivity index is 1.57. The highest BCUT2D eigenvalue weighted by atomic mass is 19.1. The van der Waals surface area contributed by atoms with Gasteiger partial charge >= 0.3 is 0 Å². The molecule has 0 unspecified atom stereocenters. The first-order valence-electron chi connectivity index (χ1n) is 9.15. The average Bonchev–Trinajstić information content (AvgIpc) is 2.74. The Morgan fingerprint density at radius 2 is 1.68 bits per heavy atom. The van der Waals surface area contributed by atoms with Crippen LogP contribution in [0.3, 0.4) is 0 Å². The Hall–Kier alpha value is -3.35. The van der Waals surface area contributed by atoms with E-state index in [-0.39, 0.29) is 11.4 Å². The second-order valence-corrected chi connectivity index (χ2v) is 6.58. The van der Waals surface area contributed by atoms with Crippen LogP contribution in [-0.2, 0) is 0 Å². The predicted octanol–water partition coefficient (Wildman–Crippen LogP) is 2.91. The Kier molecular flexibility index (Phi) is 4.97. The van der Waals surface area contributed by atoms with Crippen LogP contribution in [-0.4, -0.2) is 43.3 Å².